The van der Waals surface area contributed by atoms with Gasteiger partial charge in [-0.15, -0.1) is 0 Å². The molecule has 1 aromatic carbocycles. The summed E-state index contributed by atoms with van der Waals surface area (Å²) in [4.78, 5) is 25.1. The number of carbonyl (C=O) groups is 2. The molecule has 1 unspecified atom stereocenters. The molecule has 0 saturated carbocycles. The van der Waals surface area contributed by atoms with E-state index in [0.717, 1.165) is 29.8 Å². The summed E-state index contributed by atoms with van der Waals surface area (Å²) >= 11 is 1.58. The molecule has 0 radical (unpaired) electrons. The molecule has 0 fully saturated rings. The minimum absolute atomic E-state index is 0.108. The lowest BCUT2D eigenvalue weighted by Gasteiger charge is -2.22. The monoisotopic (exact) mass is 293 g/mol. The first-order chi connectivity index (χ1) is 9.65. The Balaban J connectivity index is 2.10. The summed E-state index contributed by atoms with van der Waals surface area (Å²) in [6, 6.07) is 6.68. The Hall–Kier alpha value is -1.49. The number of nitrogens with zero attached hydrogens (tertiary/aromatic N) is 1. The van der Waals surface area contributed by atoms with E-state index in [9.17, 15) is 14.7 Å². The third kappa shape index (κ3) is 3.15. The van der Waals surface area contributed by atoms with E-state index in [1.54, 1.807) is 11.8 Å². The van der Waals surface area contributed by atoms with Gasteiger partial charge >= 0.3 is 5.97 Å². The van der Waals surface area contributed by atoms with Crippen molar-refractivity contribution in [3.05, 3.63) is 29.8 Å². The van der Waals surface area contributed by atoms with E-state index in [-0.39, 0.29) is 5.91 Å². The summed E-state index contributed by atoms with van der Waals surface area (Å²) in [5, 5.41) is 9.31. The number of rotatable bonds is 6. The molecule has 5 heteroatoms. The molecule has 108 valence electrons. The number of hydrogen-bond acceptors (Lipinski definition) is 3. The van der Waals surface area contributed by atoms with Crippen LogP contribution in [-0.2, 0) is 16.0 Å². The second-order valence-electron chi connectivity index (χ2n) is 4.86. The van der Waals surface area contributed by atoms with Crippen molar-refractivity contribution in [1.29, 1.82) is 0 Å². The third-order valence-corrected chi connectivity index (χ3v) is 4.43. The van der Waals surface area contributed by atoms with E-state index in [1.165, 1.54) is 4.90 Å². The van der Waals surface area contributed by atoms with Gasteiger partial charge in [0.05, 0.1) is 5.75 Å². The average Bonchev–Trinajstić information content (AvgIpc) is 2.83. The summed E-state index contributed by atoms with van der Waals surface area (Å²) < 4.78 is 0. The number of amides is 1. The number of benzene rings is 1. The van der Waals surface area contributed by atoms with Crippen molar-refractivity contribution < 1.29 is 14.7 Å². The molecule has 1 aliphatic rings. The SMILES string of the molecule is CCCCSCC(=O)N1c2ccccc2CC1C(=O)O. The molecule has 0 aromatic heterocycles. The zero-order valence-electron chi connectivity index (χ0n) is 11.5. The molecule has 1 heterocycles. The van der Waals surface area contributed by atoms with Crippen molar-refractivity contribution in [2.75, 3.05) is 16.4 Å². The van der Waals surface area contributed by atoms with Gasteiger partial charge < -0.3 is 5.11 Å². The number of para-hydroxylation sites is 1. The molecule has 20 heavy (non-hydrogen) atoms. The van der Waals surface area contributed by atoms with Gasteiger partial charge in [0, 0.05) is 12.1 Å². The molecular weight excluding hydrogens is 274 g/mol. The highest BCUT2D eigenvalue weighted by molar-refractivity contribution is 7.99. The van der Waals surface area contributed by atoms with Crippen LogP contribution in [0.4, 0.5) is 5.69 Å². The molecule has 1 N–H and O–H groups in total. The van der Waals surface area contributed by atoms with Gasteiger partial charge in [-0.25, -0.2) is 4.79 Å². The number of unbranched alkanes of at least 4 members (excludes halogenated alkanes) is 1. The Morgan fingerprint density at radius 1 is 1.40 bits per heavy atom. The summed E-state index contributed by atoms with van der Waals surface area (Å²) in [7, 11) is 0. The molecular formula is C15H19NO3S. The summed E-state index contributed by atoms with van der Waals surface area (Å²) in [6.07, 6.45) is 2.58. The number of thioether (sulfide) groups is 1. The Morgan fingerprint density at radius 3 is 2.85 bits per heavy atom. The highest BCUT2D eigenvalue weighted by atomic mass is 32.2. The minimum Gasteiger partial charge on any atom is -0.480 e. The Bertz CT molecular complexity index is 504. The van der Waals surface area contributed by atoms with E-state index in [1.807, 2.05) is 24.3 Å². The smallest absolute Gasteiger partial charge is 0.327 e. The molecule has 2 rings (SSSR count). The fraction of sp³-hybridized carbons (Fsp3) is 0.467. The zero-order valence-corrected chi connectivity index (χ0v) is 12.4. The minimum atomic E-state index is -0.937. The van der Waals surface area contributed by atoms with Crippen molar-refractivity contribution in [1.82, 2.24) is 0 Å². The molecule has 0 aliphatic carbocycles. The van der Waals surface area contributed by atoms with Crippen LogP contribution in [0.3, 0.4) is 0 Å². The predicted molar refractivity (Wildman–Crippen MR) is 81.3 cm³/mol. The largest absolute Gasteiger partial charge is 0.480 e. The number of carbonyl (C=O) groups excluding carboxylic acids is 1. The van der Waals surface area contributed by atoms with Crippen molar-refractivity contribution in [3.63, 3.8) is 0 Å². The summed E-state index contributed by atoms with van der Waals surface area (Å²) in [5.74, 6) is 0.240. The van der Waals surface area contributed by atoms with Gasteiger partial charge in [-0.2, -0.15) is 11.8 Å². The molecule has 1 aliphatic heterocycles. The van der Waals surface area contributed by atoms with E-state index in [4.69, 9.17) is 0 Å². The predicted octanol–water partition coefficient (Wildman–Crippen LogP) is 2.56. The number of hydrogen-bond donors (Lipinski definition) is 1. The standard InChI is InChI=1S/C15H19NO3S/c1-2-3-8-20-10-14(17)16-12-7-5-4-6-11(12)9-13(16)15(18)19/h4-7,13H,2-3,8-10H2,1H3,(H,18,19). The second kappa shape index (κ2) is 6.79. The number of carboxylic acids is 1. The van der Waals surface area contributed by atoms with Gasteiger partial charge in [0.25, 0.3) is 0 Å². The van der Waals surface area contributed by atoms with Crippen LogP contribution in [-0.4, -0.2) is 34.5 Å². The fourth-order valence-corrected chi connectivity index (χ4v) is 3.32. The van der Waals surface area contributed by atoms with E-state index < -0.39 is 12.0 Å². The maximum atomic E-state index is 12.3. The molecule has 1 atom stereocenters. The van der Waals surface area contributed by atoms with E-state index >= 15 is 0 Å². The molecule has 4 nitrogen and oxygen atoms in total. The van der Waals surface area contributed by atoms with Gasteiger partial charge in [-0.3, -0.25) is 9.69 Å². The molecule has 1 aromatic rings. The van der Waals surface area contributed by atoms with Crippen LogP contribution >= 0.6 is 11.8 Å². The van der Waals surface area contributed by atoms with Crippen molar-refractivity contribution in [2.45, 2.75) is 32.2 Å². The van der Waals surface area contributed by atoms with Crippen LogP contribution in [0.1, 0.15) is 25.3 Å². The molecule has 0 bridgehead atoms. The lowest BCUT2D eigenvalue weighted by molar-refractivity contribution is -0.139. The van der Waals surface area contributed by atoms with Crippen molar-refractivity contribution >= 4 is 29.3 Å². The Labute approximate surface area is 123 Å². The molecule has 0 saturated heterocycles. The fourth-order valence-electron chi connectivity index (χ4n) is 2.37. The second-order valence-corrected chi connectivity index (χ2v) is 5.96. The number of anilines is 1. The maximum Gasteiger partial charge on any atom is 0.327 e. The lowest BCUT2D eigenvalue weighted by Crippen LogP contribution is -2.43. The topological polar surface area (TPSA) is 57.6 Å². The van der Waals surface area contributed by atoms with Gasteiger partial charge in [0.1, 0.15) is 6.04 Å². The number of carboxylic acid groups (broad SMARTS) is 1. The highest BCUT2D eigenvalue weighted by Gasteiger charge is 2.37. The average molecular weight is 293 g/mol. The van der Waals surface area contributed by atoms with Gasteiger partial charge in [0.15, 0.2) is 0 Å². The van der Waals surface area contributed by atoms with Crippen LogP contribution in [0.5, 0.6) is 0 Å². The van der Waals surface area contributed by atoms with E-state index in [0.29, 0.717) is 12.2 Å². The quantitative estimate of drug-likeness (QED) is 0.819. The van der Waals surface area contributed by atoms with Gasteiger partial charge in [0.2, 0.25) is 5.91 Å². The van der Waals surface area contributed by atoms with E-state index in [2.05, 4.69) is 6.92 Å². The third-order valence-electron chi connectivity index (χ3n) is 3.40. The first kappa shape index (κ1) is 14.9. The molecule has 1 amide bonds. The maximum absolute atomic E-state index is 12.3. The number of fused-ring (bicyclic) bond motifs is 1. The van der Waals surface area contributed by atoms with Crippen LogP contribution in [0.25, 0.3) is 0 Å². The number of aliphatic carboxylic acids is 1. The normalized spacial score (nSPS) is 17.1. The van der Waals surface area contributed by atoms with Crippen molar-refractivity contribution in [2.24, 2.45) is 0 Å². The van der Waals surface area contributed by atoms with Crippen molar-refractivity contribution in [3.8, 4) is 0 Å². The van der Waals surface area contributed by atoms with Crippen LogP contribution in [0.2, 0.25) is 0 Å². The zero-order chi connectivity index (χ0) is 14.5. The van der Waals surface area contributed by atoms with Gasteiger partial charge in [-0.05, 0) is 23.8 Å². The highest BCUT2D eigenvalue weighted by Crippen LogP contribution is 2.32. The van der Waals surface area contributed by atoms with Gasteiger partial charge in [-0.1, -0.05) is 31.5 Å². The Morgan fingerprint density at radius 2 is 2.15 bits per heavy atom. The first-order valence-electron chi connectivity index (χ1n) is 6.85. The van der Waals surface area contributed by atoms with Crippen LogP contribution in [0.15, 0.2) is 24.3 Å². The first-order valence-corrected chi connectivity index (χ1v) is 8.01. The lowest BCUT2D eigenvalue weighted by atomic mass is 10.1. The summed E-state index contributed by atoms with van der Waals surface area (Å²) in [5.41, 5.74) is 1.69. The summed E-state index contributed by atoms with van der Waals surface area (Å²) in [6.45, 7) is 2.11. The Kier molecular flexibility index (Phi) is 5.06. The van der Waals surface area contributed by atoms with Crippen LogP contribution in [0, 0.1) is 0 Å². The van der Waals surface area contributed by atoms with Crippen LogP contribution < -0.4 is 4.90 Å². The molecule has 0 spiro atoms.